The summed E-state index contributed by atoms with van der Waals surface area (Å²) in [5.41, 5.74) is 0. The van der Waals surface area contributed by atoms with Crippen LogP contribution in [0.2, 0.25) is 0 Å². The first-order chi connectivity index (χ1) is 0. The minimum atomic E-state index is 0. The maximum atomic E-state index is 0. The van der Waals surface area contributed by atoms with E-state index in [0.717, 1.165) is 0 Å². The Labute approximate surface area is 0 Å². The molecule has 18 heavy (non-hydrogen) atoms. The van der Waals surface area contributed by atoms with Crippen LogP contribution in [-0.4, -0.2) is 0 Å². The minimum Gasteiger partial charge on any atom is 0 e. The summed E-state index contributed by atoms with van der Waals surface area (Å²) in [4.78, 5) is 0. The van der Waals surface area contributed by atoms with Crippen LogP contribution in [0.4, 0.5) is 0 Å². The topological polar surface area (TPSA) is 0 Å². The van der Waals surface area contributed by atoms with Gasteiger partial charge in [0.15, 0.2) is 0 Å². The van der Waals surface area contributed by atoms with Crippen LogP contribution in [0.25, 0.3) is 0 Å². The van der Waals surface area contributed by atoms with Crippen molar-refractivity contribution in [3.63, 3.8) is 0 Å². The molecule has 0 spiro atoms. The van der Waals surface area contributed by atoms with Crippen LogP contribution >= 0.6 is 0 Å². The third-order valence-corrected chi connectivity index (χ3v) is 0. The van der Waals surface area contributed by atoms with Crippen molar-refractivity contribution in [3.8, 4) is 0 Å². The quantitative estimate of drug-likeness (QED) is 0.321. The fourth-order valence-corrected chi connectivity index (χ4v) is 0. The van der Waals surface area contributed by atoms with Crippen LogP contribution in [0.5, 0.6) is 0 Å². The molecule has 0 fully saturated rings. The van der Waals surface area contributed by atoms with Crippen LogP contribution in [0.3, 0.4) is 0 Å². The van der Waals surface area contributed by atoms with Gasteiger partial charge in [0.1, 0.15) is 0 Å². The van der Waals surface area contributed by atoms with E-state index in [1.54, 1.807) is 0 Å². The second-order valence-corrected chi connectivity index (χ2v) is 0. The van der Waals surface area contributed by atoms with Gasteiger partial charge >= 0.3 is 0 Å². The molecule has 0 saturated carbocycles. The molecule has 0 N–H and O–H groups in total. The molecular formula is Rf18. The van der Waals surface area contributed by atoms with E-state index in [1.165, 1.54) is 0 Å². The molecule has 0 saturated heterocycles. The van der Waals surface area contributed by atoms with Crippen LogP contribution in [0.1, 0.15) is 0 Å². The smallest absolute Gasteiger partial charge is 0 e. The molecule has 0 rings (SSSR count). The maximum absolute atomic E-state index is 0. The third kappa shape index (κ3) is -0.0556. The van der Waals surface area contributed by atoms with Crippen molar-refractivity contribution in [1.29, 1.82) is 0 Å². The van der Waals surface area contributed by atoms with Gasteiger partial charge in [-0.2, -0.15) is 0 Å². The van der Waals surface area contributed by atoms with Crippen molar-refractivity contribution in [2.45, 2.75) is 0 Å². The Morgan fingerprint density at radius 1 is 0.0556 bits per heavy atom. The van der Waals surface area contributed by atoms with E-state index in [-0.39, 0.29) is 0 Å². The minimum absolute atomic E-state index is 0. The zero-order valence-electron chi connectivity index (χ0n) is 12.7. The molecule has 36 valence electrons. The van der Waals surface area contributed by atoms with E-state index in [0.29, 0.717) is 0 Å². The molecule has 0 bridgehead atoms. The fraction of sp³-hybridized carbons (Fsp3) is 0. The second kappa shape index (κ2) is -0.0123. The summed E-state index contributed by atoms with van der Waals surface area (Å²) in [6.45, 7) is 0. The second-order valence-electron chi connectivity index (χ2n) is 0. The van der Waals surface area contributed by atoms with E-state index in [9.17, 15) is 0 Å². The summed E-state index contributed by atoms with van der Waals surface area (Å²) in [5.74, 6) is 0. The largest absolute Gasteiger partial charge is 0 e. The Morgan fingerprint density at radius 2 is 0.0556 bits per heavy atom. The average Bonchev–Trinajstić information content (AvgIpc) is 0. The molecular weight excluding hydrogens is 4810 g/mol. The van der Waals surface area contributed by atoms with Crippen LogP contribution in [0, 0.1) is 0 Å². The van der Waals surface area contributed by atoms with Gasteiger partial charge in [-0.15, -0.1) is 0 Å². The number of hydrogen-bond donors (Lipinski definition) is 0. The molecule has 0 aliphatic rings. The van der Waals surface area contributed by atoms with Gasteiger partial charge in [0, 0.05) is 0 Å². The summed E-state index contributed by atoms with van der Waals surface area (Å²) in [6, 6.07) is 0. The Balaban J connectivity index is 0. The predicted molar refractivity (Wildman–Crippen MR) is 0 cm³/mol. The molecule has 0 aromatic heterocycles. The fourth-order valence-electron chi connectivity index (χ4n) is 0. The molecule has 0 aliphatic carbocycles. The molecule has 0 aromatic carbocycles. The van der Waals surface area contributed by atoms with Gasteiger partial charge in [0.05, 0.1) is 0 Å². The van der Waals surface area contributed by atoms with Crippen molar-refractivity contribution >= 4 is 0 Å². The number of rotatable bonds is 0. The Kier molecular flexibility index (Phi) is 0. The van der Waals surface area contributed by atoms with Crippen LogP contribution < -0.4 is 0 Å². The van der Waals surface area contributed by atoms with Gasteiger partial charge in [0.25, 0.3) is 0 Å². The third-order valence-electron chi connectivity index (χ3n) is 0. The molecule has 0 unspecified atom stereocenters. The van der Waals surface area contributed by atoms with Crippen molar-refractivity contribution in [2.24, 2.45) is 0 Å². The van der Waals surface area contributed by atoms with Gasteiger partial charge in [-0.1, -0.05) is 0 Å². The van der Waals surface area contributed by atoms with Gasteiger partial charge in [-0.05, 0) is 0 Å². The number of hydrogen-bond acceptors (Lipinski definition) is 0. The van der Waals surface area contributed by atoms with Crippen molar-refractivity contribution in [2.75, 3.05) is 0 Å². The van der Waals surface area contributed by atoms with E-state index < -0.39 is 0 Å². The molecule has 0 nitrogen and oxygen atoms in total. The first-order valence-corrected chi connectivity index (χ1v) is 0. The van der Waals surface area contributed by atoms with Gasteiger partial charge in [0.2, 0.25) is 0 Å². The van der Waals surface area contributed by atoms with Gasteiger partial charge in [-0.3, -0.25) is 0 Å². The predicted octanol–water partition coefficient (Wildman–Crippen LogP) is 0. The summed E-state index contributed by atoms with van der Waals surface area (Å²) >= 11 is 0. The molecule has 0 aromatic rings. The standard InChI is InChI=1S/18Rf. The van der Waals surface area contributed by atoms with Crippen molar-refractivity contribution in [1.82, 2.24) is 0 Å². The van der Waals surface area contributed by atoms with Crippen LogP contribution in [-0.2, 0) is 0 Å². The molecule has 0 atom stereocenters. The van der Waals surface area contributed by atoms with E-state index in [2.05, 4.69) is 0 Å². The van der Waals surface area contributed by atoms with E-state index in [1.807, 2.05) is 0 Å². The summed E-state index contributed by atoms with van der Waals surface area (Å²) in [6.07, 6.45) is 0. The van der Waals surface area contributed by atoms with Gasteiger partial charge < -0.3 is 0 Å². The average molecular weight is 4810 g/mol. The first-order valence-electron chi connectivity index (χ1n) is 0. The van der Waals surface area contributed by atoms with E-state index >= 15 is 0 Å². The SMILES string of the molecule is [Rf].[Rf].[Rf].[Rf].[Rf].[Rf].[Rf].[Rf].[Rf].[Rf].[Rf].[Rf].[Rf].[Rf].[Rf].[Rf].[Rf].[Rf]. The Hall–Kier alpha value is -18.0. The van der Waals surface area contributed by atoms with Crippen molar-refractivity contribution in [3.05, 3.63) is 0 Å². The summed E-state index contributed by atoms with van der Waals surface area (Å²) < 4.78 is 0. The van der Waals surface area contributed by atoms with E-state index in [4.69, 9.17) is 0 Å². The zero-order chi connectivity index (χ0) is 0. The molecule has 0 amide bonds. The normalized spacial score (nSPS) is 0. The molecule has 0 aliphatic heterocycles. The Bertz CT molecular complexity index is 0. The van der Waals surface area contributed by atoms with Crippen LogP contribution in [0.15, 0.2) is 0 Å². The zero-order valence-corrected chi connectivity index (χ0v) is 128. The monoisotopic (exact) mass is 4810 g/mol. The first kappa shape index (κ1) is 0. The summed E-state index contributed by atoms with van der Waals surface area (Å²) in [7, 11) is 0. The van der Waals surface area contributed by atoms with Crippen molar-refractivity contribution < 1.29 is 0 Å². The maximum Gasteiger partial charge on any atom is 0 e. The molecule has 0 heterocycles. The summed E-state index contributed by atoms with van der Waals surface area (Å²) in [5, 5.41) is 0. The van der Waals surface area contributed by atoms with Gasteiger partial charge in [-0.25, -0.2) is 0 Å². The molecule has 0 radical (unpaired) electrons. The Morgan fingerprint density at radius 3 is 0.0556 bits per heavy atom. The molecule has 18 heteroatoms.